The number of nitrogens with zero attached hydrogens (tertiary/aromatic N) is 4. The van der Waals surface area contributed by atoms with Crippen LogP contribution in [-0.4, -0.2) is 36.1 Å². The van der Waals surface area contributed by atoms with E-state index in [1.54, 1.807) is 6.33 Å². The Labute approximate surface area is 149 Å². The molecule has 0 spiro atoms. The molecule has 25 heavy (non-hydrogen) atoms. The Bertz CT molecular complexity index is 882. The third-order valence-corrected chi connectivity index (χ3v) is 5.03. The summed E-state index contributed by atoms with van der Waals surface area (Å²) in [5, 5.41) is 1.17. The van der Waals surface area contributed by atoms with E-state index in [4.69, 9.17) is 0 Å². The molecular formula is C21H24N4. The fourth-order valence-corrected chi connectivity index (χ4v) is 3.56. The van der Waals surface area contributed by atoms with Crippen LogP contribution in [0.3, 0.4) is 0 Å². The molecular weight excluding hydrogens is 308 g/mol. The molecule has 0 saturated carbocycles. The summed E-state index contributed by atoms with van der Waals surface area (Å²) >= 11 is 0. The number of hydrogen-bond donors (Lipinski definition) is 0. The van der Waals surface area contributed by atoms with Crippen LogP contribution in [0.2, 0.25) is 0 Å². The molecule has 4 nitrogen and oxygen atoms in total. The molecule has 1 saturated heterocycles. The molecule has 0 amide bonds. The van der Waals surface area contributed by atoms with Crippen molar-refractivity contribution >= 4 is 22.4 Å². The van der Waals surface area contributed by atoms with E-state index in [-0.39, 0.29) is 0 Å². The average molecular weight is 332 g/mol. The van der Waals surface area contributed by atoms with Gasteiger partial charge in [0.25, 0.3) is 0 Å². The van der Waals surface area contributed by atoms with Gasteiger partial charge in [0, 0.05) is 37.3 Å². The van der Waals surface area contributed by atoms with Crippen molar-refractivity contribution < 1.29 is 0 Å². The minimum atomic E-state index is 0.983. The number of piperazine rings is 1. The highest BCUT2D eigenvalue weighted by Crippen LogP contribution is 2.26. The zero-order valence-corrected chi connectivity index (χ0v) is 14.9. The molecule has 1 fully saturated rings. The smallest absolute Gasteiger partial charge is 0.140 e. The van der Waals surface area contributed by atoms with Gasteiger partial charge in [0.05, 0.1) is 5.52 Å². The summed E-state index contributed by atoms with van der Waals surface area (Å²) in [5.41, 5.74) is 5.00. The first-order valence-electron chi connectivity index (χ1n) is 9.05. The Morgan fingerprint density at radius 3 is 2.48 bits per heavy atom. The molecule has 0 unspecified atom stereocenters. The van der Waals surface area contributed by atoms with Gasteiger partial charge in [0.1, 0.15) is 12.1 Å². The number of anilines is 2. The molecule has 2 heterocycles. The molecule has 128 valence electrons. The highest BCUT2D eigenvalue weighted by atomic mass is 15.3. The average Bonchev–Trinajstić information content (AvgIpc) is 2.67. The van der Waals surface area contributed by atoms with Gasteiger partial charge in [-0.2, -0.15) is 0 Å². The van der Waals surface area contributed by atoms with Gasteiger partial charge in [-0.3, -0.25) is 0 Å². The van der Waals surface area contributed by atoms with E-state index >= 15 is 0 Å². The number of fused-ring (bicyclic) bond motifs is 1. The number of hydrogen-bond acceptors (Lipinski definition) is 4. The second-order valence-corrected chi connectivity index (χ2v) is 6.72. The Balaban J connectivity index is 1.57. The van der Waals surface area contributed by atoms with Crippen molar-refractivity contribution in [3.8, 4) is 0 Å². The molecule has 0 radical (unpaired) electrons. The van der Waals surface area contributed by atoms with Crippen molar-refractivity contribution in [3.63, 3.8) is 0 Å². The van der Waals surface area contributed by atoms with Crippen LogP contribution in [0.15, 0.2) is 48.8 Å². The van der Waals surface area contributed by atoms with Crippen LogP contribution < -0.4 is 9.80 Å². The van der Waals surface area contributed by atoms with E-state index in [1.165, 1.54) is 22.2 Å². The molecule has 4 heteroatoms. The summed E-state index contributed by atoms with van der Waals surface area (Å²) in [7, 11) is 0. The first-order valence-corrected chi connectivity index (χ1v) is 9.05. The normalized spacial score (nSPS) is 15.0. The number of aromatic nitrogens is 2. The number of benzene rings is 2. The summed E-state index contributed by atoms with van der Waals surface area (Å²) in [5.74, 6) is 1.07. The minimum absolute atomic E-state index is 0.983. The fraction of sp³-hybridized carbons (Fsp3) is 0.333. The van der Waals surface area contributed by atoms with Gasteiger partial charge in [-0.05, 0) is 48.7 Å². The van der Waals surface area contributed by atoms with Gasteiger partial charge < -0.3 is 9.80 Å². The van der Waals surface area contributed by atoms with Crippen molar-refractivity contribution in [1.82, 2.24) is 9.97 Å². The lowest BCUT2D eigenvalue weighted by Gasteiger charge is -2.37. The number of rotatable bonds is 3. The summed E-state index contributed by atoms with van der Waals surface area (Å²) in [6.45, 7) is 8.33. The highest BCUT2D eigenvalue weighted by molar-refractivity contribution is 5.90. The molecule has 3 aromatic rings. The third-order valence-electron chi connectivity index (χ3n) is 5.03. The van der Waals surface area contributed by atoms with Crippen molar-refractivity contribution in [2.24, 2.45) is 0 Å². The molecule has 2 aromatic carbocycles. The largest absolute Gasteiger partial charge is 0.368 e. The van der Waals surface area contributed by atoms with Crippen LogP contribution in [-0.2, 0) is 6.42 Å². The lowest BCUT2D eigenvalue weighted by atomic mass is 10.1. The van der Waals surface area contributed by atoms with Gasteiger partial charge in [0.15, 0.2) is 0 Å². The van der Waals surface area contributed by atoms with E-state index in [9.17, 15) is 0 Å². The van der Waals surface area contributed by atoms with Crippen LogP contribution in [0.25, 0.3) is 10.9 Å². The van der Waals surface area contributed by atoms with Crippen molar-refractivity contribution in [1.29, 1.82) is 0 Å². The van der Waals surface area contributed by atoms with Crippen LogP contribution in [0.5, 0.6) is 0 Å². The maximum absolute atomic E-state index is 4.61. The van der Waals surface area contributed by atoms with Gasteiger partial charge >= 0.3 is 0 Å². The minimum Gasteiger partial charge on any atom is -0.368 e. The molecule has 1 aliphatic rings. The van der Waals surface area contributed by atoms with Crippen molar-refractivity contribution in [2.45, 2.75) is 20.3 Å². The van der Waals surface area contributed by atoms with E-state index in [0.717, 1.165) is 43.9 Å². The lowest BCUT2D eigenvalue weighted by Crippen LogP contribution is -2.47. The monoisotopic (exact) mass is 332 g/mol. The van der Waals surface area contributed by atoms with E-state index in [2.05, 4.69) is 76.1 Å². The van der Waals surface area contributed by atoms with Gasteiger partial charge in [-0.1, -0.05) is 25.1 Å². The summed E-state index contributed by atoms with van der Waals surface area (Å²) < 4.78 is 0. The quantitative estimate of drug-likeness (QED) is 0.730. The van der Waals surface area contributed by atoms with Crippen LogP contribution in [0.4, 0.5) is 11.5 Å². The summed E-state index contributed by atoms with van der Waals surface area (Å²) in [4.78, 5) is 13.9. The molecule has 0 aliphatic carbocycles. The molecule has 0 bridgehead atoms. The lowest BCUT2D eigenvalue weighted by molar-refractivity contribution is 0.648. The molecule has 1 aromatic heterocycles. The predicted octanol–water partition coefficient (Wildman–Crippen LogP) is 3.83. The van der Waals surface area contributed by atoms with Gasteiger partial charge in [-0.15, -0.1) is 0 Å². The molecule has 1 aliphatic heterocycles. The maximum Gasteiger partial charge on any atom is 0.140 e. The zero-order chi connectivity index (χ0) is 17.2. The standard InChI is InChI=1S/C21H24N4/c1-3-17-7-8-20-19(14-17)21(23-15-22-20)25-11-9-24(10-12-25)18-6-4-5-16(2)13-18/h4-8,13-15H,3,9-12H2,1-2H3. The Hall–Kier alpha value is -2.62. The Morgan fingerprint density at radius 1 is 0.920 bits per heavy atom. The van der Waals surface area contributed by atoms with E-state index in [0.29, 0.717) is 0 Å². The fourth-order valence-electron chi connectivity index (χ4n) is 3.56. The van der Waals surface area contributed by atoms with Crippen molar-refractivity contribution in [2.75, 3.05) is 36.0 Å². The SMILES string of the molecule is CCc1ccc2ncnc(N3CCN(c4cccc(C)c4)CC3)c2c1. The third kappa shape index (κ3) is 3.16. The summed E-state index contributed by atoms with van der Waals surface area (Å²) in [6.07, 6.45) is 2.72. The molecule has 4 rings (SSSR count). The Kier molecular flexibility index (Phi) is 4.26. The van der Waals surface area contributed by atoms with Crippen molar-refractivity contribution in [3.05, 3.63) is 59.9 Å². The first kappa shape index (κ1) is 15.9. The van der Waals surface area contributed by atoms with Crippen LogP contribution >= 0.6 is 0 Å². The Morgan fingerprint density at radius 2 is 1.72 bits per heavy atom. The topological polar surface area (TPSA) is 32.3 Å². The maximum atomic E-state index is 4.61. The second kappa shape index (κ2) is 6.71. The number of aryl methyl sites for hydroxylation is 2. The van der Waals surface area contributed by atoms with Gasteiger partial charge in [0.2, 0.25) is 0 Å². The zero-order valence-electron chi connectivity index (χ0n) is 14.9. The van der Waals surface area contributed by atoms with Crippen LogP contribution in [0, 0.1) is 6.92 Å². The second-order valence-electron chi connectivity index (χ2n) is 6.72. The first-order chi connectivity index (χ1) is 12.2. The molecule has 0 atom stereocenters. The molecule has 0 N–H and O–H groups in total. The van der Waals surface area contributed by atoms with E-state index in [1.807, 2.05) is 0 Å². The summed E-state index contributed by atoms with van der Waals surface area (Å²) in [6, 6.07) is 15.3. The highest BCUT2D eigenvalue weighted by Gasteiger charge is 2.20. The van der Waals surface area contributed by atoms with Crippen LogP contribution in [0.1, 0.15) is 18.1 Å². The predicted molar refractivity (Wildman–Crippen MR) is 105 cm³/mol. The van der Waals surface area contributed by atoms with Gasteiger partial charge in [-0.25, -0.2) is 9.97 Å². The van der Waals surface area contributed by atoms with E-state index < -0.39 is 0 Å².